The van der Waals surface area contributed by atoms with Gasteiger partial charge in [-0.25, -0.2) is 0 Å². The number of benzene rings is 8. The second-order valence-corrected chi connectivity index (χ2v) is 11.0. The van der Waals surface area contributed by atoms with E-state index < -0.39 is 0 Å². The van der Waals surface area contributed by atoms with E-state index in [4.69, 9.17) is 0 Å². The van der Waals surface area contributed by atoms with Crippen molar-refractivity contribution in [1.29, 1.82) is 0 Å². The molecule has 9 aromatic rings. The summed E-state index contributed by atoms with van der Waals surface area (Å²) in [5.41, 5.74) is 6.16. The Labute approximate surface area is 237 Å². The second-order valence-electron chi connectivity index (χ2n) is 11.0. The normalized spacial score (nSPS) is 11.9. The minimum absolute atomic E-state index is 1.21. The number of hydrogen-bond donors (Lipinski definition) is 0. The fraction of sp³-hybridized carbons (Fsp3) is 0. The molecule has 0 saturated carbocycles. The zero-order valence-corrected chi connectivity index (χ0v) is 22.4. The smallest absolute Gasteiger partial charge is 0.0547 e. The highest BCUT2D eigenvalue weighted by atomic mass is 15.0. The van der Waals surface area contributed by atoms with Crippen LogP contribution in [0.4, 0.5) is 0 Å². The maximum Gasteiger partial charge on any atom is 0.0547 e. The molecule has 0 saturated heterocycles. The Hall–Kier alpha value is -5.40. The Morgan fingerprint density at radius 2 is 0.854 bits per heavy atom. The third-order valence-electron chi connectivity index (χ3n) is 8.74. The van der Waals surface area contributed by atoms with Crippen LogP contribution in [0.2, 0.25) is 0 Å². The molecule has 0 radical (unpaired) electrons. The predicted molar refractivity (Wildman–Crippen MR) is 176 cm³/mol. The van der Waals surface area contributed by atoms with Gasteiger partial charge < -0.3 is 4.57 Å². The van der Waals surface area contributed by atoms with Crippen LogP contribution in [0.1, 0.15) is 0 Å². The number of fused-ring (bicyclic) bond motifs is 9. The molecule has 0 bridgehead atoms. The van der Waals surface area contributed by atoms with Gasteiger partial charge in [0, 0.05) is 16.2 Å². The molecule has 0 fully saturated rings. The Morgan fingerprint density at radius 3 is 1.66 bits per heavy atom. The molecular weight excluding hydrogens is 494 g/mol. The molecule has 190 valence electrons. The van der Waals surface area contributed by atoms with Gasteiger partial charge in [-0.05, 0) is 79.2 Å². The van der Waals surface area contributed by atoms with Gasteiger partial charge in [-0.2, -0.15) is 0 Å². The molecule has 0 aliphatic heterocycles. The van der Waals surface area contributed by atoms with Crippen LogP contribution in [0.3, 0.4) is 0 Å². The van der Waals surface area contributed by atoms with Crippen LogP contribution in [0.25, 0.3) is 81.7 Å². The first kappa shape index (κ1) is 22.4. The highest BCUT2D eigenvalue weighted by Crippen LogP contribution is 2.40. The van der Waals surface area contributed by atoms with E-state index in [1.54, 1.807) is 0 Å². The minimum Gasteiger partial charge on any atom is -0.309 e. The van der Waals surface area contributed by atoms with Crippen molar-refractivity contribution in [2.24, 2.45) is 0 Å². The van der Waals surface area contributed by atoms with E-state index in [1.165, 1.54) is 81.7 Å². The van der Waals surface area contributed by atoms with E-state index in [1.807, 2.05) is 0 Å². The molecule has 0 atom stereocenters. The summed E-state index contributed by atoms with van der Waals surface area (Å²) in [5, 5.41) is 12.8. The first-order valence-corrected chi connectivity index (χ1v) is 14.2. The molecule has 0 unspecified atom stereocenters. The van der Waals surface area contributed by atoms with Crippen molar-refractivity contribution < 1.29 is 0 Å². The lowest BCUT2D eigenvalue weighted by atomic mass is 9.95. The van der Waals surface area contributed by atoms with Gasteiger partial charge in [-0.1, -0.05) is 121 Å². The van der Waals surface area contributed by atoms with Gasteiger partial charge in [-0.15, -0.1) is 0 Å². The summed E-state index contributed by atoms with van der Waals surface area (Å²) in [6, 6.07) is 55.6. The van der Waals surface area contributed by atoms with E-state index in [2.05, 4.69) is 156 Å². The zero-order valence-electron chi connectivity index (χ0n) is 22.4. The SMILES string of the molecule is c1ccc2c(-n3c4ccccc4c4c5cc(-c6ccc7ccc8ccccc8c7c6)ccc5ccc43)cccc2c1. The van der Waals surface area contributed by atoms with E-state index in [-0.39, 0.29) is 0 Å². The molecule has 1 aromatic heterocycles. The van der Waals surface area contributed by atoms with Gasteiger partial charge >= 0.3 is 0 Å². The van der Waals surface area contributed by atoms with Crippen LogP contribution in [0.15, 0.2) is 152 Å². The molecule has 0 amide bonds. The van der Waals surface area contributed by atoms with Crippen molar-refractivity contribution in [1.82, 2.24) is 4.57 Å². The highest BCUT2D eigenvalue weighted by molar-refractivity contribution is 6.22. The number of rotatable bonds is 2. The average molecular weight is 520 g/mol. The third-order valence-corrected chi connectivity index (χ3v) is 8.74. The van der Waals surface area contributed by atoms with Crippen molar-refractivity contribution in [3.8, 4) is 16.8 Å². The maximum atomic E-state index is 2.45. The largest absolute Gasteiger partial charge is 0.309 e. The molecule has 0 N–H and O–H groups in total. The van der Waals surface area contributed by atoms with Crippen LogP contribution >= 0.6 is 0 Å². The van der Waals surface area contributed by atoms with Crippen LogP contribution in [0.5, 0.6) is 0 Å². The van der Waals surface area contributed by atoms with Crippen molar-refractivity contribution in [3.05, 3.63) is 152 Å². The molecule has 9 rings (SSSR count). The molecule has 0 spiro atoms. The first-order chi connectivity index (χ1) is 20.3. The van der Waals surface area contributed by atoms with Gasteiger partial charge in [0.1, 0.15) is 0 Å². The minimum atomic E-state index is 1.21. The predicted octanol–water partition coefficient (Wildman–Crippen LogP) is 11.1. The van der Waals surface area contributed by atoms with Gasteiger partial charge in [0.15, 0.2) is 0 Å². The van der Waals surface area contributed by atoms with Crippen molar-refractivity contribution in [2.75, 3.05) is 0 Å². The summed E-state index contributed by atoms with van der Waals surface area (Å²) < 4.78 is 2.45. The lowest BCUT2D eigenvalue weighted by molar-refractivity contribution is 1.20. The van der Waals surface area contributed by atoms with Crippen LogP contribution in [0, 0.1) is 0 Å². The summed E-state index contributed by atoms with van der Waals surface area (Å²) in [6.45, 7) is 0. The van der Waals surface area contributed by atoms with E-state index in [0.717, 1.165) is 0 Å². The van der Waals surface area contributed by atoms with E-state index >= 15 is 0 Å². The van der Waals surface area contributed by atoms with Crippen molar-refractivity contribution >= 4 is 64.9 Å². The van der Waals surface area contributed by atoms with Crippen molar-refractivity contribution in [2.45, 2.75) is 0 Å². The lowest BCUT2D eigenvalue weighted by Gasteiger charge is -2.12. The van der Waals surface area contributed by atoms with Crippen LogP contribution in [-0.2, 0) is 0 Å². The molecule has 1 heteroatoms. The summed E-state index contributed by atoms with van der Waals surface area (Å²) in [4.78, 5) is 0. The Balaban J connectivity index is 1.34. The molecule has 0 aliphatic carbocycles. The van der Waals surface area contributed by atoms with Gasteiger partial charge in [0.05, 0.1) is 16.7 Å². The lowest BCUT2D eigenvalue weighted by Crippen LogP contribution is -1.95. The van der Waals surface area contributed by atoms with Crippen LogP contribution in [-0.4, -0.2) is 4.57 Å². The summed E-state index contributed by atoms with van der Waals surface area (Å²) in [6.07, 6.45) is 0. The molecule has 41 heavy (non-hydrogen) atoms. The molecule has 8 aromatic carbocycles. The Morgan fingerprint density at radius 1 is 0.317 bits per heavy atom. The topological polar surface area (TPSA) is 4.93 Å². The van der Waals surface area contributed by atoms with Crippen LogP contribution < -0.4 is 0 Å². The maximum absolute atomic E-state index is 2.45. The summed E-state index contributed by atoms with van der Waals surface area (Å²) in [5.74, 6) is 0. The molecule has 1 heterocycles. The third kappa shape index (κ3) is 3.30. The van der Waals surface area contributed by atoms with E-state index in [0.29, 0.717) is 0 Å². The first-order valence-electron chi connectivity index (χ1n) is 14.2. The molecule has 0 aliphatic rings. The molecule has 1 nitrogen and oxygen atoms in total. The second kappa shape index (κ2) is 8.55. The summed E-state index contributed by atoms with van der Waals surface area (Å²) in [7, 11) is 0. The number of nitrogens with zero attached hydrogens (tertiary/aromatic N) is 1. The Bertz CT molecular complexity index is 2470. The molecular formula is C40H25N. The standard InChI is InChI=1S/C40H25N/c1-3-11-32-27(9-1)16-17-28-18-20-30(24-35(28)32)31-21-19-29-22-23-39-40(36(29)25-31)34-13-5-6-14-38(34)41(39)37-15-7-10-26-8-2-4-12-33(26)37/h1-25H. The fourth-order valence-electron chi connectivity index (χ4n) is 6.81. The monoisotopic (exact) mass is 519 g/mol. The fourth-order valence-corrected chi connectivity index (χ4v) is 6.81. The number of para-hydroxylation sites is 1. The van der Waals surface area contributed by atoms with E-state index in [9.17, 15) is 0 Å². The summed E-state index contributed by atoms with van der Waals surface area (Å²) >= 11 is 0. The van der Waals surface area contributed by atoms with Gasteiger partial charge in [-0.3, -0.25) is 0 Å². The zero-order chi connectivity index (χ0) is 26.9. The number of hydrogen-bond acceptors (Lipinski definition) is 0. The van der Waals surface area contributed by atoms with Gasteiger partial charge in [0.25, 0.3) is 0 Å². The number of aromatic nitrogens is 1. The van der Waals surface area contributed by atoms with Gasteiger partial charge in [0.2, 0.25) is 0 Å². The average Bonchev–Trinajstić information content (AvgIpc) is 3.38. The Kier molecular flexibility index (Phi) is 4.67. The quantitative estimate of drug-likeness (QED) is 0.200. The highest BCUT2D eigenvalue weighted by Gasteiger charge is 2.16. The van der Waals surface area contributed by atoms with Crippen molar-refractivity contribution in [3.63, 3.8) is 0 Å².